The molecular formula is C20H22N2O2. The fourth-order valence-corrected chi connectivity index (χ4v) is 3.51. The first-order valence-electron chi connectivity index (χ1n) is 8.44. The highest BCUT2D eigenvalue weighted by atomic mass is 16.5. The van der Waals surface area contributed by atoms with E-state index < -0.39 is 5.92 Å². The molecule has 4 heteroatoms. The highest BCUT2D eigenvalue weighted by Gasteiger charge is 2.37. The molecule has 1 heterocycles. The zero-order chi connectivity index (χ0) is 17.3. The van der Waals surface area contributed by atoms with Crippen molar-refractivity contribution in [3.05, 3.63) is 58.2 Å². The Bertz CT molecular complexity index is 764. The number of Topliss-reactive ketones (excluding diaryl/α,β-unsaturated/α-hetero) is 1. The van der Waals surface area contributed by atoms with Gasteiger partial charge in [0.1, 0.15) is 17.4 Å². The van der Waals surface area contributed by atoms with Gasteiger partial charge in [0.2, 0.25) is 5.88 Å². The number of allylic oxidation sites excluding steroid dienone is 3. The molecule has 1 aliphatic carbocycles. The van der Waals surface area contributed by atoms with Crippen LogP contribution in [0.3, 0.4) is 0 Å². The topological polar surface area (TPSA) is 76.1 Å². The minimum Gasteiger partial charge on any atom is -0.444 e. The summed E-state index contributed by atoms with van der Waals surface area (Å²) in [6.45, 7) is 4.36. The van der Waals surface area contributed by atoms with E-state index in [4.69, 9.17) is 10.5 Å². The lowest BCUT2D eigenvalue weighted by atomic mass is 9.77. The van der Waals surface area contributed by atoms with Crippen LogP contribution >= 0.6 is 0 Å². The molecule has 1 unspecified atom stereocenters. The van der Waals surface area contributed by atoms with Crippen molar-refractivity contribution in [2.75, 3.05) is 0 Å². The van der Waals surface area contributed by atoms with Crippen molar-refractivity contribution in [1.29, 1.82) is 5.26 Å². The van der Waals surface area contributed by atoms with Gasteiger partial charge in [-0.15, -0.1) is 0 Å². The average Bonchev–Trinajstić information content (AvgIpc) is 2.54. The molecular weight excluding hydrogens is 300 g/mol. The van der Waals surface area contributed by atoms with Crippen molar-refractivity contribution in [2.24, 2.45) is 11.7 Å². The number of nitrogens with two attached hydrogens (primary N) is 1. The molecule has 0 spiro atoms. The third-order valence-corrected chi connectivity index (χ3v) is 4.56. The van der Waals surface area contributed by atoms with Crippen LogP contribution in [0.5, 0.6) is 0 Å². The van der Waals surface area contributed by atoms with Gasteiger partial charge in [-0.25, -0.2) is 0 Å². The standard InChI is InChI=1S/C20H22N2O2/c1-12(2)10-13-6-8-14(9-7-13)18-15(11-21)20(22)24-17-5-3-4-16(23)19(17)18/h6-9,12,18H,3-5,10,22H2,1-2H3. The first-order chi connectivity index (χ1) is 11.5. The molecule has 0 saturated heterocycles. The largest absolute Gasteiger partial charge is 0.444 e. The SMILES string of the molecule is CC(C)Cc1ccc(C2C(C#N)=C(N)OC3=C2C(=O)CCC3)cc1. The zero-order valence-corrected chi connectivity index (χ0v) is 14.1. The maximum absolute atomic E-state index is 12.5. The summed E-state index contributed by atoms with van der Waals surface area (Å²) < 4.78 is 5.59. The van der Waals surface area contributed by atoms with Gasteiger partial charge < -0.3 is 10.5 Å². The van der Waals surface area contributed by atoms with E-state index in [1.54, 1.807) is 0 Å². The lowest BCUT2D eigenvalue weighted by Gasteiger charge is -2.31. The second-order valence-electron chi connectivity index (χ2n) is 6.88. The summed E-state index contributed by atoms with van der Waals surface area (Å²) in [5, 5.41) is 9.54. The second-order valence-corrected chi connectivity index (χ2v) is 6.88. The van der Waals surface area contributed by atoms with Crippen molar-refractivity contribution >= 4 is 5.78 Å². The monoisotopic (exact) mass is 322 g/mol. The van der Waals surface area contributed by atoms with Gasteiger partial charge in [-0.05, 0) is 29.9 Å². The van der Waals surface area contributed by atoms with E-state index in [0.717, 1.165) is 18.4 Å². The summed E-state index contributed by atoms with van der Waals surface area (Å²) in [6.07, 6.45) is 2.97. The van der Waals surface area contributed by atoms with Gasteiger partial charge in [0.15, 0.2) is 5.78 Å². The van der Waals surface area contributed by atoms with Crippen LogP contribution in [0.1, 0.15) is 50.2 Å². The molecule has 0 saturated carbocycles. The van der Waals surface area contributed by atoms with E-state index in [1.165, 1.54) is 5.56 Å². The summed E-state index contributed by atoms with van der Waals surface area (Å²) in [5.74, 6) is 1.01. The summed E-state index contributed by atoms with van der Waals surface area (Å²) in [5.41, 5.74) is 9.08. The fraction of sp³-hybridized carbons (Fsp3) is 0.400. The molecule has 24 heavy (non-hydrogen) atoms. The molecule has 3 rings (SSSR count). The first kappa shape index (κ1) is 16.3. The molecule has 0 bridgehead atoms. The van der Waals surface area contributed by atoms with Gasteiger partial charge in [0.25, 0.3) is 0 Å². The van der Waals surface area contributed by atoms with Crippen molar-refractivity contribution in [3.8, 4) is 6.07 Å². The number of nitriles is 1. The number of hydrogen-bond donors (Lipinski definition) is 1. The third kappa shape index (κ3) is 2.94. The van der Waals surface area contributed by atoms with E-state index in [2.05, 4.69) is 32.0 Å². The average molecular weight is 322 g/mol. The maximum atomic E-state index is 12.5. The van der Waals surface area contributed by atoms with E-state index in [-0.39, 0.29) is 11.7 Å². The summed E-state index contributed by atoms with van der Waals surface area (Å²) >= 11 is 0. The van der Waals surface area contributed by atoms with E-state index in [9.17, 15) is 10.1 Å². The first-order valence-corrected chi connectivity index (χ1v) is 8.44. The smallest absolute Gasteiger partial charge is 0.205 e. The van der Waals surface area contributed by atoms with Crippen molar-refractivity contribution in [1.82, 2.24) is 0 Å². The van der Waals surface area contributed by atoms with Crippen LogP contribution in [0.2, 0.25) is 0 Å². The van der Waals surface area contributed by atoms with Gasteiger partial charge >= 0.3 is 0 Å². The molecule has 0 radical (unpaired) electrons. The molecule has 0 aromatic heterocycles. The predicted molar refractivity (Wildman–Crippen MR) is 91.5 cm³/mol. The van der Waals surface area contributed by atoms with Crippen molar-refractivity contribution < 1.29 is 9.53 Å². The number of ketones is 1. The molecule has 2 N–H and O–H groups in total. The minimum atomic E-state index is -0.403. The van der Waals surface area contributed by atoms with Crippen LogP contribution in [-0.4, -0.2) is 5.78 Å². The summed E-state index contributed by atoms with van der Waals surface area (Å²) in [4.78, 5) is 12.5. The molecule has 1 aromatic rings. The lowest BCUT2D eigenvalue weighted by Crippen LogP contribution is -2.27. The molecule has 0 amide bonds. The molecule has 4 nitrogen and oxygen atoms in total. The van der Waals surface area contributed by atoms with Gasteiger partial charge in [0, 0.05) is 18.4 Å². The molecule has 1 aromatic carbocycles. The predicted octanol–water partition coefficient (Wildman–Crippen LogP) is 3.70. The van der Waals surface area contributed by atoms with Crippen LogP contribution in [-0.2, 0) is 16.0 Å². The van der Waals surface area contributed by atoms with Crippen molar-refractivity contribution in [2.45, 2.75) is 45.4 Å². The Labute approximate surface area is 142 Å². The van der Waals surface area contributed by atoms with Gasteiger partial charge in [-0.2, -0.15) is 5.26 Å². The molecule has 1 atom stereocenters. The molecule has 124 valence electrons. The van der Waals surface area contributed by atoms with Crippen LogP contribution in [0.15, 0.2) is 47.1 Å². The molecule has 2 aliphatic rings. The number of nitrogens with zero attached hydrogens (tertiary/aromatic N) is 1. The highest BCUT2D eigenvalue weighted by molar-refractivity contribution is 5.99. The highest BCUT2D eigenvalue weighted by Crippen LogP contribution is 2.43. The quantitative estimate of drug-likeness (QED) is 0.920. The van der Waals surface area contributed by atoms with Gasteiger partial charge in [-0.1, -0.05) is 38.1 Å². The van der Waals surface area contributed by atoms with Crippen LogP contribution in [0, 0.1) is 17.2 Å². The van der Waals surface area contributed by atoms with E-state index >= 15 is 0 Å². The number of rotatable bonds is 3. The number of carbonyl (C=O) groups excluding carboxylic acids is 1. The van der Waals surface area contributed by atoms with Crippen LogP contribution in [0.25, 0.3) is 0 Å². The van der Waals surface area contributed by atoms with Gasteiger partial charge in [0.05, 0.1) is 5.92 Å². The third-order valence-electron chi connectivity index (χ3n) is 4.56. The number of hydrogen-bond acceptors (Lipinski definition) is 4. The number of carbonyl (C=O) groups is 1. The fourth-order valence-electron chi connectivity index (χ4n) is 3.51. The summed E-state index contributed by atoms with van der Waals surface area (Å²) in [7, 11) is 0. The van der Waals surface area contributed by atoms with Crippen LogP contribution in [0.4, 0.5) is 0 Å². The van der Waals surface area contributed by atoms with E-state index in [0.29, 0.717) is 35.7 Å². The maximum Gasteiger partial charge on any atom is 0.205 e. The Morgan fingerprint density at radius 1 is 1.29 bits per heavy atom. The normalized spacial score (nSPS) is 20.8. The van der Waals surface area contributed by atoms with Crippen LogP contribution < -0.4 is 5.73 Å². The number of ether oxygens (including phenoxy) is 1. The second kappa shape index (κ2) is 6.52. The Hall–Kier alpha value is -2.54. The Morgan fingerprint density at radius 2 is 2.00 bits per heavy atom. The Morgan fingerprint density at radius 3 is 2.62 bits per heavy atom. The van der Waals surface area contributed by atoms with Gasteiger partial charge in [-0.3, -0.25) is 4.79 Å². The van der Waals surface area contributed by atoms with Crippen molar-refractivity contribution in [3.63, 3.8) is 0 Å². The zero-order valence-electron chi connectivity index (χ0n) is 14.1. The Balaban J connectivity index is 2.04. The molecule has 1 aliphatic heterocycles. The lowest BCUT2D eigenvalue weighted by molar-refractivity contribution is -0.116. The molecule has 0 fully saturated rings. The minimum absolute atomic E-state index is 0.0627. The van der Waals surface area contributed by atoms with E-state index in [1.807, 2.05) is 12.1 Å². The number of benzene rings is 1. The Kier molecular flexibility index (Phi) is 4.44. The summed E-state index contributed by atoms with van der Waals surface area (Å²) in [6, 6.07) is 10.3.